The average molecular weight is 389 g/mol. The molecule has 0 spiro atoms. The molecule has 0 radical (unpaired) electrons. The van der Waals surface area contributed by atoms with Gasteiger partial charge < -0.3 is 15.0 Å². The molecule has 3 rings (SSSR count). The molecule has 0 aliphatic heterocycles. The second-order valence-corrected chi connectivity index (χ2v) is 6.41. The Morgan fingerprint density at radius 3 is 2.82 bits per heavy atom. The highest BCUT2D eigenvalue weighted by atomic mass is 19.1. The van der Waals surface area contributed by atoms with Crippen LogP contribution in [0.3, 0.4) is 0 Å². The van der Waals surface area contributed by atoms with Gasteiger partial charge in [0.05, 0.1) is 6.04 Å². The average Bonchev–Trinajstić information content (AvgIpc) is 3.09. The first-order valence-corrected chi connectivity index (χ1v) is 8.69. The molecule has 2 heterocycles. The number of H-pyrrole nitrogens is 2. The fraction of sp³-hybridized carbons (Fsp3) is 0.333. The standard InChI is InChI=1S/C18H20FN5O4/c1-10(9-28-12-6-4-3-5-11(12)19)20-14(25)8-7-13-21-15-16(22-13)24(2)18(27)23-17(15)26/h3-6,10H,7-9H2,1-2H3,(H,20,25)(H,21,22)(H,23,26,27). The molecule has 0 aliphatic carbocycles. The summed E-state index contributed by atoms with van der Waals surface area (Å²) in [5.74, 6) is -0.156. The lowest BCUT2D eigenvalue weighted by atomic mass is 10.2. The number of imidazole rings is 1. The lowest BCUT2D eigenvalue weighted by molar-refractivity contribution is -0.121. The highest BCUT2D eigenvalue weighted by Gasteiger charge is 2.13. The lowest BCUT2D eigenvalue weighted by Gasteiger charge is -2.15. The lowest BCUT2D eigenvalue weighted by Crippen LogP contribution is -2.37. The van der Waals surface area contributed by atoms with Gasteiger partial charge in [-0.2, -0.15) is 0 Å². The van der Waals surface area contributed by atoms with Crippen LogP contribution in [0.1, 0.15) is 19.2 Å². The van der Waals surface area contributed by atoms with Crippen LogP contribution in [0.15, 0.2) is 33.9 Å². The predicted octanol–water partition coefficient (Wildman–Crippen LogP) is 0.605. The topological polar surface area (TPSA) is 122 Å². The first-order valence-electron chi connectivity index (χ1n) is 8.69. The number of ether oxygens (including phenoxy) is 1. The van der Waals surface area contributed by atoms with Crippen LogP contribution in [0.4, 0.5) is 4.39 Å². The summed E-state index contributed by atoms with van der Waals surface area (Å²) < 4.78 is 20.1. The second-order valence-electron chi connectivity index (χ2n) is 6.41. The molecule has 0 saturated heterocycles. The van der Waals surface area contributed by atoms with Crippen molar-refractivity contribution in [2.75, 3.05) is 6.61 Å². The number of amides is 1. The maximum absolute atomic E-state index is 13.5. The van der Waals surface area contributed by atoms with Crippen molar-refractivity contribution in [1.82, 2.24) is 24.8 Å². The number of aryl methyl sites for hydroxylation is 2. The van der Waals surface area contributed by atoms with Gasteiger partial charge in [0.25, 0.3) is 5.56 Å². The predicted molar refractivity (Wildman–Crippen MR) is 99.8 cm³/mol. The molecular weight excluding hydrogens is 369 g/mol. The normalized spacial score (nSPS) is 12.1. The number of nitrogens with zero attached hydrogens (tertiary/aromatic N) is 2. The number of rotatable bonds is 7. The van der Waals surface area contributed by atoms with Crippen LogP contribution in [0.5, 0.6) is 5.75 Å². The number of carbonyl (C=O) groups is 1. The molecule has 3 aromatic rings. The summed E-state index contributed by atoms with van der Waals surface area (Å²) in [6.45, 7) is 1.87. The number of benzene rings is 1. The van der Waals surface area contributed by atoms with Crippen molar-refractivity contribution < 1.29 is 13.9 Å². The monoisotopic (exact) mass is 389 g/mol. The fourth-order valence-electron chi connectivity index (χ4n) is 2.67. The van der Waals surface area contributed by atoms with Gasteiger partial charge in [-0.25, -0.2) is 14.2 Å². The van der Waals surface area contributed by atoms with Crippen LogP contribution in [0.2, 0.25) is 0 Å². The number of nitrogens with one attached hydrogen (secondary N) is 3. The van der Waals surface area contributed by atoms with Crippen molar-refractivity contribution in [1.29, 1.82) is 0 Å². The van der Waals surface area contributed by atoms with Gasteiger partial charge in [0, 0.05) is 19.9 Å². The molecule has 1 amide bonds. The molecule has 0 fully saturated rings. The molecule has 0 aliphatic rings. The van der Waals surface area contributed by atoms with Gasteiger partial charge in [0.2, 0.25) is 5.91 Å². The Morgan fingerprint density at radius 2 is 2.07 bits per heavy atom. The summed E-state index contributed by atoms with van der Waals surface area (Å²) in [7, 11) is 1.50. The zero-order valence-electron chi connectivity index (χ0n) is 15.4. The van der Waals surface area contributed by atoms with Gasteiger partial charge in [-0.05, 0) is 19.1 Å². The van der Waals surface area contributed by atoms with Gasteiger partial charge in [0.15, 0.2) is 17.2 Å². The van der Waals surface area contributed by atoms with Crippen LogP contribution in [-0.4, -0.2) is 38.1 Å². The van der Waals surface area contributed by atoms with E-state index in [9.17, 15) is 18.8 Å². The third-order valence-electron chi connectivity index (χ3n) is 4.13. The molecule has 0 bridgehead atoms. The van der Waals surface area contributed by atoms with Gasteiger partial charge in [-0.1, -0.05) is 12.1 Å². The number of fused-ring (bicyclic) bond motifs is 1. The third-order valence-corrected chi connectivity index (χ3v) is 4.13. The van der Waals surface area contributed by atoms with Crippen LogP contribution >= 0.6 is 0 Å². The van der Waals surface area contributed by atoms with E-state index in [1.807, 2.05) is 0 Å². The van der Waals surface area contributed by atoms with Crippen molar-refractivity contribution in [2.24, 2.45) is 7.05 Å². The molecule has 148 valence electrons. The molecule has 0 saturated carbocycles. The minimum atomic E-state index is -0.558. The molecule has 3 N–H and O–H groups in total. The van der Waals surface area contributed by atoms with Crippen LogP contribution in [0, 0.1) is 5.82 Å². The summed E-state index contributed by atoms with van der Waals surface area (Å²) in [6.07, 6.45) is 0.380. The molecule has 10 heteroatoms. The maximum atomic E-state index is 13.5. The number of hydrogen-bond acceptors (Lipinski definition) is 5. The largest absolute Gasteiger partial charge is 0.488 e. The summed E-state index contributed by atoms with van der Waals surface area (Å²) in [4.78, 5) is 44.7. The van der Waals surface area contributed by atoms with Gasteiger partial charge in [-0.3, -0.25) is 19.1 Å². The van der Waals surface area contributed by atoms with Crippen LogP contribution in [0.25, 0.3) is 11.2 Å². The van der Waals surface area contributed by atoms with Crippen molar-refractivity contribution in [3.05, 3.63) is 56.7 Å². The van der Waals surface area contributed by atoms with Gasteiger partial charge in [-0.15, -0.1) is 0 Å². The van der Waals surface area contributed by atoms with E-state index >= 15 is 0 Å². The second kappa shape index (κ2) is 8.07. The van der Waals surface area contributed by atoms with Crippen molar-refractivity contribution in [3.8, 4) is 5.75 Å². The highest BCUT2D eigenvalue weighted by Crippen LogP contribution is 2.15. The van der Waals surface area contributed by atoms with E-state index in [0.717, 1.165) is 0 Å². The Hall–Kier alpha value is -3.43. The first kappa shape index (κ1) is 19.3. The van der Waals surface area contributed by atoms with Crippen LogP contribution < -0.4 is 21.3 Å². The van der Waals surface area contributed by atoms with Crippen molar-refractivity contribution in [2.45, 2.75) is 25.8 Å². The summed E-state index contributed by atoms with van der Waals surface area (Å²) in [6, 6.07) is 5.71. The molecule has 2 aromatic heterocycles. The van der Waals surface area contributed by atoms with E-state index in [1.54, 1.807) is 19.1 Å². The van der Waals surface area contributed by atoms with E-state index in [2.05, 4.69) is 20.3 Å². The van der Waals surface area contributed by atoms with E-state index in [0.29, 0.717) is 5.82 Å². The molecule has 28 heavy (non-hydrogen) atoms. The van der Waals surface area contributed by atoms with Crippen molar-refractivity contribution >= 4 is 17.1 Å². The Balaban J connectivity index is 1.54. The van der Waals surface area contributed by atoms with Crippen LogP contribution in [-0.2, 0) is 18.3 Å². The summed E-state index contributed by atoms with van der Waals surface area (Å²) >= 11 is 0. The van der Waals surface area contributed by atoms with Crippen molar-refractivity contribution in [3.63, 3.8) is 0 Å². The zero-order valence-corrected chi connectivity index (χ0v) is 15.4. The van der Waals surface area contributed by atoms with E-state index in [4.69, 9.17) is 4.74 Å². The number of halogens is 1. The van der Waals surface area contributed by atoms with E-state index in [-0.39, 0.29) is 48.3 Å². The molecule has 9 nitrogen and oxygen atoms in total. The minimum absolute atomic E-state index is 0.120. The Bertz CT molecular complexity index is 1120. The zero-order chi connectivity index (χ0) is 20.3. The fourth-order valence-corrected chi connectivity index (χ4v) is 2.67. The number of para-hydroxylation sites is 1. The third kappa shape index (κ3) is 4.27. The maximum Gasteiger partial charge on any atom is 0.329 e. The summed E-state index contributed by atoms with van der Waals surface area (Å²) in [5, 5.41) is 2.75. The number of carbonyl (C=O) groups excluding carboxylic acids is 1. The number of aromatic amines is 2. The quantitative estimate of drug-likeness (QED) is 0.546. The molecule has 1 atom stereocenters. The minimum Gasteiger partial charge on any atom is -0.488 e. The molecule has 1 unspecified atom stereocenters. The summed E-state index contributed by atoms with van der Waals surface area (Å²) in [5.41, 5.74) is -0.697. The SMILES string of the molecule is CC(COc1ccccc1F)NC(=O)CCc1nc2c([nH]1)c(=O)[nH]c(=O)n2C. The molecular formula is C18H20FN5O4. The molecule has 1 aromatic carbocycles. The van der Waals surface area contributed by atoms with E-state index < -0.39 is 17.1 Å². The first-order chi connectivity index (χ1) is 13.3. The Kier molecular flexibility index (Phi) is 5.57. The smallest absolute Gasteiger partial charge is 0.329 e. The van der Waals surface area contributed by atoms with E-state index in [1.165, 1.54) is 23.7 Å². The number of aromatic nitrogens is 4. The highest BCUT2D eigenvalue weighted by molar-refractivity contribution is 5.76. The Morgan fingerprint density at radius 1 is 1.32 bits per heavy atom. The van der Waals surface area contributed by atoms with Gasteiger partial charge >= 0.3 is 5.69 Å². The van der Waals surface area contributed by atoms with Gasteiger partial charge in [0.1, 0.15) is 17.9 Å². The Labute approximate surface area is 158 Å². The number of hydrogen-bond donors (Lipinski definition) is 3.